The summed E-state index contributed by atoms with van der Waals surface area (Å²) >= 11 is 0. The SMILES string of the molecule is CCCN1C(=O)C2Cc3ccccc3CN2C1=O. The molecule has 0 N–H and O–H groups in total. The lowest BCUT2D eigenvalue weighted by Crippen LogP contribution is -2.39. The molecule has 1 atom stereocenters. The van der Waals surface area contributed by atoms with E-state index >= 15 is 0 Å². The molecule has 0 saturated carbocycles. The van der Waals surface area contributed by atoms with E-state index in [0.29, 0.717) is 19.5 Å². The Kier molecular flexibility index (Phi) is 2.58. The molecule has 4 heteroatoms. The number of carbonyl (C=O) groups is 2. The minimum atomic E-state index is -0.279. The van der Waals surface area contributed by atoms with Gasteiger partial charge in [0.25, 0.3) is 5.91 Å². The predicted octanol–water partition coefficient (Wildman–Crippen LogP) is 1.79. The van der Waals surface area contributed by atoms with Crippen molar-refractivity contribution in [2.75, 3.05) is 6.54 Å². The highest BCUT2D eigenvalue weighted by Crippen LogP contribution is 2.29. The van der Waals surface area contributed by atoms with E-state index in [2.05, 4.69) is 0 Å². The van der Waals surface area contributed by atoms with Gasteiger partial charge in [0.05, 0.1) is 0 Å². The molecule has 4 nitrogen and oxygen atoms in total. The van der Waals surface area contributed by atoms with Gasteiger partial charge < -0.3 is 4.90 Å². The van der Waals surface area contributed by atoms with Gasteiger partial charge in [-0.25, -0.2) is 4.79 Å². The lowest BCUT2D eigenvalue weighted by molar-refractivity contribution is -0.128. The number of amides is 3. The van der Waals surface area contributed by atoms with Crippen LogP contribution in [0, 0.1) is 0 Å². The average molecular weight is 244 g/mol. The summed E-state index contributed by atoms with van der Waals surface area (Å²) in [5, 5.41) is 0. The van der Waals surface area contributed by atoms with E-state index in [-0.39, 0.29) is 18.0 Å². The van der Waals surface area contributed by atoms with Gasteiger partial charge in [0.1, 0.15) is 6.04 Å². The molecular weight excluding hydrogens is 228 g/mol. The first kappa shape index (κ1) is 11.3. The number of imide groups is 1. The van der Waals surface area contributed by atoms with E-state index in [1.807, 2.05) is 31.2 Å². The largest absolute Gasteiger partial charge is 0.327 e. The third kappa shape index (κ3) is 1.52. The Labute approximate surface area is 106 Å². The first-order valence-corrected chi connectivity index (χ1v) is 6.41. The number of urea groups is 1. The molecule has 1 unspecified atom stereocenters. The maximum atomic E-state index is 12.2. The van der Waals surface area contributed by atoms with Gasteiger partial charge in [-0.2, -0.15) is 0 Å². The fourth-order valence-electron chi connectivity index (χ4n) is 2.80. The smallest absolute Gasteiger partial charge is 0.308 e. The van der Waals surface area contributed by atoms with Crippen molar-refractivity contribution >= 4 is 11.9 Å². The fourth-order valence-corrected chi connectivity index (χ4v) is 2.80. The first-order valence-electron chi connectivity index (χ1n) is 6.41. The number of nitrogens with zero attached hydrogens (tertiary/aromatic N) is 2. The molecule has 1 aromatic rings. The van der Waals surface area contributed by atoms with E-state index in [0.717, 1.165) is 12.0 Å². The highest BCUT2D eigenvalue weighted by atomic mass is 16.2. The predicted molar refractivity (Wildman–Crippen MR) is 66.9 cm³/mol. The second-order valence-corrected chi connectivity index (χ2v) is 4.89. The Morgan fingerprint density at radius 1 is 1.22 bits per heavy atom. The zero-order valence-electron chi connectivity index (χ0n) is 10.4. The second kappa shape index (κ2) is 4.12. The van der Waals surface area contributed by atoms with Gasteiger partial charge in [-0.15, -0.1) is 0 Å². The second-order valence-electron chi connectivity index (χ2n) is 4.89. The van der Waals surface area contributed by atoms with E-state index in [1.54, 1.807) is 4.90 Å². The Morgan fingerprint density at radius 3 is 2.67 bits per heavy atom. The van der Waals surface area contributed by atoms with Crippen LogP contribution in [0.1, 0.15) is 24.5 Å². The Balaban J connectivity index is 1.93. The molecule has 2 aliphatic rings. The standard InChI is InChI=1S/C14H16N2O2/c1-2-7-15-13(17)12-8-10-5-3-4-6-11(10)9-16(12)14(15)18/h3-6,12H,2,7-9H2,1H3. The van der Waals surface area contributed by atoms with Crippen LogP contribution in [0.5, 0.6) is 0 Å². The van der Waals surface area contributed by atoms with Crippen LogP contribution in [0.15, 0.2) is 24.3 Å². The molecule has 2 aliphatic heterocycles. The van der Waals surface area contributed by atoms with Gasteiger partial charge in [0.15, 0.2) is 0 Å². The zero-order chi connectivity index (χ0) is 12.7. The molecule has 0 aliphatic carbocycles. The van der Waals surface area contributed by atoms with Crippen molar-refractivity contribution in [3.05, 3.63) is 35.4 Å². The van der Waals surface area contributed by atoms with E-state index < -0.39 is 0 Å². The highest BCUT2D eigenvalue weighted by molar-refractivity contribution is 6.04. The molecule has 0 spiro atoms. The van der Waals surface area contributed by atoms with Crippen LogP contribution >= 0.6 is 0 Å². The van der Waals surface area contributed by atoms with Gasteiger partial charge in [-0.3, -0.25) is 9.69 Å². The van der Waals surface area contributed by atoms with Crippen molar-refractivity contribution in [3.8, 4) is 0 Å². The molecule has 1 fully saturated rings. The number of fused-ring (bicyclic) bond motifs is 2. The van der Waals surface area contributed by atoms with Gasteiger partial charge in [-0.1, -0.05) is 31.2 Å². The summed E-state index contributed by atoms with van der Waals surface area (Å²) in [6.07, 6.45) is 1.46. The van der Waals surface area contributed by atoms with Crippen LogP contribution in [-0.2, 0) is 17.8 Å². The highest BCUT2D eigenvalue weighted by Gasteiger charge is 2.46. The number of benzene rings is 1. The van der Waals surface area contributed by atoms with Gasteiger partial charge in [0.2, 0.25) is 0 Å². The average Bonchev–Trinajstić information content (AvgIpc) is 2.62. The third-order valence-corrected chi connectivity index (χ3v) is 3.72. The van der Waals surface area contributed by atoms with Crippen molar-refractivity contribution < 1.29 is 9.59 Å². The number of rotatable bonds is 2. The Hall–Kier alpha value is -1.84. The van der Waals surface area contributed by atoms with Crippen LogP contribution in [0.3, 0.4) is 0 Å². The third-order valence-electron chi connectivity index (χ3n) is 3.72. The molecule has 1 saturated heterocycles. The lowest BCUT2D eigenvalue weighted by Gasteiger charge is -2.28. The first-order chi connectivity index (χ1) is 8.72. The summed E-state index contributed by atoms with van der Waals surface area (Å²) in [6.45, 7) is 3.07. The van der Waals surface area contributed by atoms with Crippen molar-refractivity contribution in [2.24, 2.45) is 0 Å². The molecule has 3 amide bonds. The monoisotopic (exact) mass is 244 g/mol. The summed E-state index contributed by atoms with van der Waals surface area (Å²) in [6, 6.07) is 7.64. The maximum Gasteiger partial charge on any atom is 0.327 e. The van der Waals surface area contributed by atoms with Crippen LogP contribution in [0.4, 0.5) is 4.79 Å². The molecule has 0 radical (unpaired) electrons. The van der Waals surface area contributed by atoms with E-state index in [1.165, 1.54) is 10.5 Å². The van der Waals surface area contributed by atoms with Crippen molar-refractivity contribution in [1.29, 1.82) is 0 Å². The van der Waals surface area contributed by atoms with Gasteiger partial charge in [-0.05, 0) is 17.5 Å². The van der Waals surface area contributed by atoms with Crippen LogP contribution in [0.2, 0.25) is 0 Å². The fraction of sp³-hybridized carbons (Fsp3) is 0.429. The molecule has 94 valence electrons. The van der Waals surface area contributed by atoms with Crippen LogP contribution in [-0.4, -0.2) is 34.3 Å². The van der Waals surface area contributed by atoms with Crippen LogP contribution in [0.25, 0.3) is 0 Å². The van der Waals surface area contributed by atoms with Crippen molar-refractivity contribution in [3.63, 3.8) is 0 Å². The quantitative estimate of drug-likeness (QED) is 0.744. The van der Waals surface area contributed by atoms with Crippen molar-refractivity contribution in [1.82, 2.24) is 9.80 Å². The molecule has 0 aromatic heterocycles. The van der Waals surface area contributed by atoms with Gasteiger partial charge >= 0.3 is 6.03 Å². The summed E-state index contributed by atoms with van der Waals surface area (Å²) in [5.74, 6) is -0.0312. The maximum absolute atomic E-state index is 12.2. The molecule has 18 heavy (non-hydrogen) atoms. The Morgan fingerprint density at radius 2 is 1.94 bits per heavy atom. The number of hydrogen-bond acceptors (Lipinski definition) is 2. The molecule has 0 bridgehead atoms. The summed E-state index contributed by atoms with van der Waals surface area (Å²) < 4.78 is 0. The lowest BCUT2D eigenvalue weighted by atomic mass is 9.95. The van der Waals surface area contributed by atoms with Gasteiger partial charge in [0, 0.05) is 19.5 Å². The van der Waals surface area contributed by atoms with Crippen molar-refractivity contribution in [2.45, 2.75) is 32.4 Å². The summed E-state index contributed by atoms with van der Waals surface area (Å²) in [4.78, 5) is 27.5. The summed E-state index contributed by atoms with van der Waals surface area (Å²) in [7, 11) is 0. The van der Waals surface area contributed by atoms with Crippen LogP contribution < -0.4 is 0 Å². The summed E-state index contributed by atoms with van der Waals surface area (Å²) in [5.41, 5.74) is 2.35. The molecule has 3 rings (SSSR count). The molecular formula is C14H16N2O2. The number of hydrogen-bond donors (Lipinski definition) is 0. The normalized spacial score (nSPS) is 22.2. The molecule has 1 aromatic carbocycles. The zero-order valence-corrected chi connectivity index (χ0v) is 10.4. The Bertz CT molecular complexity index is 469. The van der Waals surface area contributed by atoms with E-state index in [9.17, 15) is 9.59 Å². The minimum absolute atomic E-state index is 0.0312. The molecule has 2 heterocycles. The topological polar surface area (TPSA) is 40.6 Å². The number of carbonyl (C=O) groups excluding carboxylic acids is 2. The minimum Gasteiger partial charge on any atom is -0.308 e. The van der Waals surface area contributed by atoms with E-state index in [4.69, 9.17) is 0 Å².